The maximum atomic E-state index is 12.6. The molecule has 3 heterocycles. The van der Waals surface area contributed by atoms with Gasteiger partial charge in [-0.15, -0.1) is 0 Å². The highest BCUT2D eigenvalue weighted by atomic mass is 16.5. The molecular formula is C23H21N5O3. The third kappa shape index (κ3) is 3.97. The molecule has 2 N–H and O–H groups in total. The molecule has 8 nitrogen and oxygen atoms in total. The predicted molar refractivity (Wildman–Crippen MR) is 116 cm³/mol. The number of fused-ring (bicyclic) bond motifs is 3. The van der Waals surface area contributed by atoms with Gasteiger partial charge in [0.2, 0.25) is 11.9 Å². The molecule has 2 aromatic carbocycles. The van der Waals surface area contributed by atoms with Gasteiger partial charge in [0.1, 0.15) is 0 Å². The van der Waals surface area contributed by atoms with Gasteiger partial charge in [-0.2, -0.15) is 0 Å². The van der Waals surface area contributed by atoms with Crippen LogP contribution in [0.2, 0.25) is 0 Å². The molecule has 0 aliphatic carbocycles. The highest BCUT2D eigenvalue weighted by molar-refractivity contribution is 6.00. The van der Waals surface area contributed by atoms with E-state index in [0.29, 0.717) is 37.8 Å². The standard InChI is InChI=1S/C23H21N5O3/c29-20-13-16-14-24-23(27-21(16)18-3-1-2-4-19(18)26-20)25-17-7-5-15(6-8-17)22(30)28-9-11-31-12-10-28/h1-8,14H,9-13H2,(H,26,29)(H,24,25,27). The van der Waals surface area contributed by atoms with Gasteiger partial charge in [-0.3, -0.25) is 9.59 Å². The van der Waals surface area contributed by atoms with Crippen molar-refractivity contribution in [2.75, 3.05) is 36.9 Å². The van der Waals surface area contributed by atoms with Gasteiger partial charge < -0.3 is 20.3 Å². The third-order valence-electron chi connectivity index (χ3n) is 5.36. The molecule has 0 bridgehead atoms. The Kier molecular flexibility index (Phi) is 5.05. The summed E-state index contributed by atoms with van der Waals surface area (Å²) in [7, 11) is 0. The van der Waals surface area contributed by atoms with Crippen molar-refractivity contribution in [3.63, 3.8) is 0 Å². The summed E-state index contributed by atoms with van der Waals surface area (Å²) in [4.78, 5) is 35.6. The fraction of sp³-hybridized carbons (Fsp3) is 0.217. The number of amides is 2. The number of nitrogens with one attached hydrogen (secondary N) is 2. The number of para-hydroxylation sites is 1. The van der Waals surface area contributed by atoms with Gasteiger partial charge in [0.15, 0.2) is 0 Å². The molecule has 8 heteroatoms. The summed E-state index contributed by atoms with van der Waals surface area (Å²) < 4.78 is 5.31. The highest BCUT2D eigenvalue weighted by Gasteiger charge is 2.21. The fourth-order valence-electron chi connectivity index (χ4n) is 3.77. The normalized spacial score (nSPS) is 15.4. The van der Waals surface area contributed by atoms with Crippen molar-refractivity contribution < 1.29 is 14.3 Å². The molecule has 3 aromatic rings. The molecule has 0 atom stereocenters. The lowest BCUT2D eigenvalue weighted by Crippen LogP contribution is -2.40. The second-order valence-electron chi connectivity index (χ2n) is 7.44. The summed E-state index contributed by atoms with van der Waals surface area (Å²) in [6.07, 6.45) is 1.91. The van der Waals surface area contributed by atoms with Crippen LogP contribution < -0.4 is 10.6 Å². The Morgan fingerprint density at radius 2 is 1.84 bits per heavy atom. The number of anilines is 3. The molecule has 1 fully saturated rings. The third-order valence-corrected chi connectivity index (χ3v) is 5.36. The van der Waals surface area contributed by atoms with Crippen molar-refractivity contribution in [1.29, 1.82) is 0 Å². The fourth-order valence-corrected chi connectivity index (χ4v) is 3.77. The van der Waals surface area contributed by atoms with E-state index in [2.05, 4.69) is 20.6 Å². The summed E-state index contributed by atoms with van der Waals surface area (Å²) >= 11 is 0. The maximum Gasteiger partial charge on any atom is 0.254 e. The zero-order valence-electron chi connectivity index (χ0n) is 16.8. The molecule has 0 radical (unpaired) electrons. The first kappa shape index (κ1) is 19.2. The van der Waals surface area contributed by atoms with E-state index in [-0.39, 0.29) is 18.2 Å². The van der Waals surface area contributed by atoms with Gasteiger partial charge in [-0.05, 0) is 30.3 Å². The molecule has 1 saturated heterocycles. The van der Waals surface area contributed by atoms with Gasteiger partial charge in [-0.25, -0.2) is 9.97 Å². The van der Waals surface area contributed by atoms with Crippen LogP contribution in [0, 0.1) is 0 Å². The second-order valence-corrected chi connectivity index (χ2v) is 7.44. The maximum absolute atomic E-state index is 12.6. The molecule has 156 valence electrons. The van der Waals surface area contributed by atoms with Gasteiger partial charge in [0, 0.05) is 41.7 Å². The molecule has 5 rings (SSSR count). The zero-order valence-corrected chi connectivity index (χ0v) is 16.8. The van der Waals surface area contributed by atoms with Crippen molar-refractivity contribution in [2.45, 2.75) is 6.42 Å². The molecule has 1 aromatic heterocycles. The molecule has 2 aliphatic rings. The average molecular weight is 415 g/mol. The Hall–Kier alpha value is -3.78. The molecule has 2 amide bonds. The number of hydrogen-bond donors (Lipinski definition) is 2. The van der Waals surface area contributed by atoms with E-state index < -0.39 is 0 Å². The minimum absolute atomic E-state index is 0.00454. The van der Waals surface area contributed by atoms with Crippen LogP contribution in [0.1, 0.15) is 15.9 Å². The Labute approximate surface area is 179 Å². The number of nitrogens with zero attached hydrogens (tertiary/aromatic N) is 3. The second kappa shape index (κ2) is 8.16. The molecule has 31 heavy (non-hydrogen) atoms. The summed E-state index contributed by atoms with van der Waals surface area (Å²) in [5.41, 5.74) is 4.51. The predicted octanol–water partition coefficient (Wildman–Crippen LogP) is 2.85. The van der Waals surface area contributed by atoms with E-state index in [0.717, 1.165) is 28.2 Å². The van der Waals surface area contributed by atoms with Gasteiger partial charge in [0.25, 0.3) is 5.91 Å². The van der Waals surface area contributed by atoms with Crippen molar-refractivity contribution in [2.24, 2.45) is 0 Å². The number of aromatic nitrogens is 2. The Morgan fingerprint density at radius 3 is 2.65 bits per heavy atom. The van der Waals surface area contributed by atoms with E-state index in [1.807, 2.05) is 36.4 Å². The smallest absolute Gasteiger partial charge is 0.254 e. The van der Waals surface area contributed by atoms with Crippen molar-refractivity contribution in [3.05, 3.63) is 65.9 Å². The summed E-state index contributed by atoms with van der Waals surface area (Å²) in [6, 6.07) is 14.8. The number of carbonyl (C=O) groups is 2. The first-order chi connectivity index (χ1) is 15.2. The first-order valence-corrected chi connectivity index (χ1v) is 10.2. The van der Waals surface area contributed by atoms with Crippen molar-refractivity contribution in [1.82, 2.24) is 14.9 Å². The van der Waals surface area contributed by atoms with Crippen LogP contribution in [-0.2, 0) is 16.0 Å². The van der Waals surface area contributed by atoms with Crippen molar-refractivity contribution >= 4 is 29.1 Å². The lowest BCUT2D eigenvalue weighted by molar-refractivity contribution is -0.115. The number of morpholine rings is 1. The lowest BCUT2D eigenvalue weighted by atomic mass is 10.1. The van der Waals surface area contributed by atoms with Crippen LogP contribution >= 0.6 is 0 Å². The van der Waals surface area contributed by atoms with Crippen LogP contribution in [0.5, 0.6) is 0 Å². The molecule has 2 aliphatic heterocycles. The van der Waals surface area contributed by atoms with E-state index in [1.54, 1.807) is 23.2 Å². The summed E-state index contributed by atoms with van der Waals surface area (Å²) in [5.74, 6) is 0.344. The van der Waals surface area contributed by atoms with Crippen LogP contribution in [-0.4, -0.2) is 53.0 Å². The zero-order chi connectivity index (χ0) is 21.2. The van der Waals surface area contributed by atoms with Crippen LogP contribution in [0.3, 0.4) is 0 Å². The van der Waals surface area contributed by atoms with Crippen LogP contribution in [0.4, 0.5) is 17.3 Å². The Balaban J connectivity index is 1.37. The van der Waals surface area contributed by atoms with Crippen LogP contribution in [0.25, 0.3) is 11.3 Å². The van der Waals surface area contributed by atoms with E-state index in [1.165, 1.54) is 0 Å². The topological polar surface area (TPSA) is 96.5 Å². The SMILES string of the molecule is O=C1Cc2cnc(Nc3ccc(C(=O)N4CCOCC4)cc3)nc2-c2ccccc2N1. The van der Waals surface area contributed by atoms with Gasteiger partial charge >= 0.3 is 0 Å². The molecular weight excluding hydrogens is 394 g/mol. The van der Waals surface area contributed by atoms with Gasteiger partial charge in [-0.1, -0.05) is 18.2 Å². The minimum atomic E-state index is -0.0870. The monoisotopic (exact) mass is 415 g/mol. The first-order valence-electron chi connectivity index (χ1n) is 10.2. The van der Waals surface area contributed by atoms with Gasteiger partial charge in [0.05, 0.1) is 31.0 Å². The van der Waals surface area contributed by atoms with E-state index in [9.17, 15) is 9.59 Å². The lowest BCUT2D eigenvalue weighted by Gasteiger charge is -2.26. The summed E-state index contributed by atoms with van der Waals surface area (Å²) in [6.45, 7) is 2.37. The molecule has 0 saturated carbocycles. The van der Waals surface area contributed by atoms with Crippen molar-refractivity contribution in [3.8, 4) is 11.3 Å². The number of carbonyl (C=O) groups excluding carboxylic acids is 2. The molecule has 0 unspecified atom stereocenters. The quantitative estimate of drug-likeness (QED) is 0.683. The molecule has 0 spiro atoms. The number of rotatable bonds is 3. The largest absolute Gasteiger partial charge is 0.378 e. The number of hydrogen-bond acceptors (Lipinski definition) is 6. The number of ether oxygens (including phenoxy) is 1. The van der Waals surface area contributed by atoms with Crippen LogP contribution in [0.15, 0.2) is 54.7 Å². The minimum Gasteiger partial charge on any atom is -0.378 e. The number of benzene rings is 2. The Bertz CT molecular complexity index is 1140. The van der Waals surface area contributed by atoms with E-state index in [4.69, 9.17) is 4.74 Å². The highest BCUT2D eigenvalue weighted by Crippen LogP contribution is 2.32. The summed E-state index contributed by atoms with van der Waals surface area (Å²) in [5, 5.41) is 6.10. The van der Waals surface area contributed by atoms with E-state index >= 15 is 0 Å². The Morgan fingerprint density at radius 1 is 1.06 bits per heavy atom. The average Bonchev–Trinajstić information content (AvgIpc) is 2.95.